The molecule has 1 amide bonds. The Balaban J connectivity index is 1.80. The highest BCUT2D eigenvalue weighted by molar-refractivity contribution is 5.83. The van der Waals surface area contributed by atoms with Gasteiger partial charge in [0.25, 0.3) is 0 Å². The average molecular weight is 409 g/mol. The third-order valence-electron chi connectivity index (χ3n) is 5.23. The number of nitrogens with one attached hydrogen (secondary N) is 2. The molecule has 1 aromatic heterocycles. The van der Waals surface area contributed by atoms with Gasteiger partial charge in [0.2, 0.25) is 5.91 Å². The number of H-pyrrole nitrogens is 1. The van der Waals surface area contributed by atoms with Crippen molar-refractivity contribution in [3.63, 3.8) is 0 Å². The summed E-state index contributed by atoms with van der Waals surface area (Å²) in [6, 6.07) is 16.6. The number of rotatable bonds is 11. The molecule has 2 atom stereocenters. The lowest BCUT2D eigenvalue weighted by atomic mass is 10.0. The van der Waals surface area contributed by atoms with Gasteiger partial charge in [0.1, 0.15) is 6.04 Å². The number of aromatic amines is 1. The molecule has 1 heterocycles. The second-order valence-corrected chi connectivity index (χ2v) is 7.38. The fraction of sp³-hybridized carbons (Fsp3) is 0.304. The average Bonchev–Trinajstić information content (AvgIpc) is 3.13. The topological polar surface area (TPSA) is 111 Å². The van der Waals surface area contributed by atoms with Gasteiger partial charge >= 0.3 is 5.97 Å². The van der Waals surface area contributed by atoms with Gasteiger partial charge in [-0.3, -0.25) is 15.0 Å². The van der Waals surface area contributed by atoms with Crippen molar-refractivity contribution >= 4 is 22.8 Å². The Bertz CT molecular complexity index is 986. The monoisotopic (exact) mass is 408 g/mol. The van der Waals surface area contributed by atoms with Crippen molar-refractivity contribution in [2.75, 3.05) is 6.54 Å². The van der Waals surface area contributed by atoms with Crippen LogP contribution in [-0.2, 0) is 22.4 Å². The molecule has 1 unspecified atom stereocenters. The number of aromatic nitrogens is 1. The van der Waals surface area contributed by atoms with Crippen LogP contribution < -0.4 is 11.2 Å². The Morgan fingerprint density at radius 1 is 1.10 bits per heavy atom. The number of likely N-dealkylation sites (N-methyl/N-ethyl adjacent to an activating group) is 1. The molecule has 0 bridgehead atoms. The van der Waals surface area contributed by atoms with Crippen molar-refractivity contribution in [3.8, 4) is 0 Å². The molecular weight excluding hydrogens is 380 g/mol. The van der Waals surface area contributed by atoms with E-state index < -0.39 is 17.9 Å². The summed E-state index contributed by atoms with van der Waals surface area (Å²) in [5.74, 6) is -1.35. The molecule has 0 saturated carbocycles. The summed E-state index contributed by atoms with van der Waals surface area (Å²) in [7, 11) is 0. The molecule has 0 aliphatic rings. The van der Waals surface area contributed by atoms with E-state index >= 15 is 0 Å². The summed E-state index contributed by atoms with van der Waals surface area (Å²) in [6.45, 7) is 2.42. The minimum atomic E-state index is -0.901. The summed E-state index contributed by atoms with van der Waals surface area (Å²) >= 11 is 0. The van der Waals surface area contributed by atoms with E-state index in [2.05, 4.69) is 10.4 Å². The van der Waals surface area contributed by atoms with Crippen LogP contribution in [0.3, 0.4) is 0 Å². The van der Waals surface area contributed by atoms with E-state index in [0.29, 0.717) is 19.4 Å². The smallest absolute Gasteiger partial charge is 0.304 e. The van der Waals surface area contributed by atoms with Crippen molar-refractivity contribution < 1.29 is 14.7 Å². The van der Waals surface area contributed by atoms with Crippen LogP contribution in [0.25, 0.3) is 10.9 Å². The molecule has 3 rings (SSSR count). The Labute approximate surface area is 175 Å². The summed E-state index contributed by atoms with van der Waals surface area (Å²) in [4.78, 5) is 27.0. The number of benzene rings is 2. The molecule has 2 aromatic carbocycles. The minimum absolute atomic E-state index is 0.0766. The highest BCUT2D eigenvalue weighted by atomic mass is 16.4. The Morgan fingerprint density at radius 2 is 1.80 bits per heavy atom. The quantitative estimate of drug-likeness (QED) is 0.364. The molecule has 158 valence electrons. The van der Waals surface area contributed by atoms with Gasteiger partial charge in [0.05, 0.1) is 6.42 Å². The van der Waals surface area contributed by atoms with E-state index in [0.717, 1.165) is 22.0 Å². The van der Waals surface area contributed by atoms with Gasteiger partial charge in [-0.1, -0.05) is 55.5 Å². The first kappa shape index (κ1) is 21.5. The lowest BCUT2D eigenvalue weighted by molar-refractivity contribution is -0.138. The Hall–Kier alpha value is -3.16. The number of nitrogens with two attached hydrogens (primary N) is 1. The number of aliphatic carboxylic acids is 1. The van der Waals surface area contributed by atoms with Crippen molar-refractivity contribution in [1.82, 2.24) is 15.4 Å². The van der Waals surface area contributed by atoms with Gasteiger partial charge in [-0.2, -0.15) is 0 Å². The van der Waals surface area contributed by atoms with E-state index in [1.165, 1.54) is 0 Å². The zero-order valence-electron chi connectivity index (χ0n) is 17.0. The van der Waals surface area contributed by atoms with Gasteiger partial charge in [-0.05, 0) is 30.0 Å². The van der Waals surface area contributed by atoms with Crippen molar-refractivity contribution in [2.45, 2.75) is 38.3 Å². The van der Waals surface area contributed by atoms with Crippen LogP contribution in [0, 0.1) is 0 Å². The molecule has 30 heavy (non-hydrogen) atoms. The second-order valence-electron chi connectivity index (χ2n) is 7.38. The van der Waals surface area contributed by atoms with E-state index in [-0.39, 0.29) is 12.5 Å². The molecule has 0 spiro atoms. The van der Waals surface area contributed by atoms with Crippen LogP contribution in [0.4, 0.5) is 0 Å². The number of para-hydroxylation sites is 1. The lowest BCUT2D eigenvalue weighted by Gasteiger charge is -2.33. The molecule has 0 aliphatic heterocycles. The molecule has 7 nitrogen and oxygen atoms in total. The van der Waals surface area contributed by atoms with Gasteiger partial charge < -0.3 is 15.8 Å². The van der Waals surface area contributed by atoms with Gasteiger partial charge in [-0.25, -0.2) is 5.01 Å². The minimum Gasteiger partial charge on any atom is -0.481 e. The van der Waals surface area contributed by atoms with Gasteiger partial charge in [0, 0.05) is 29.7 Å². The molecule has 7 heteroatoms. The molecule has 0 saturated heterocycles. The van der Waals surface area contributed by atoms with Crippen LogP contribution in [0.15, 0.2) is 60.8 Å². The zero-order valence-corrected chi connectivity index (χ0v) is 17.0. The fourth-order valence-electron chi connectivity index (χ4n) is 3.78. The number of amides is 1. The number of hydrazine groups is 1. The molecule has 0 radical (unpaired) electrons. The van der Waals surface area contributed by atoms with Gasteiger partial charge in [0.15, 0.2) is 0 Å². The van der Waals surface area contributed by atoms with Crippen molar-refractivity contribution in [2.24, 2.45) is 5.73 Å². The summed E-state index contributed by atoms with van der Waals surface area (Å²) in [5.41, 5.74) is 12.0. The van der Waals surface area contributed by atoms with Crippen LogP contribution in [-0.4, -0.2) is 45.6 Å². The predicted octanol–water partition coefficient (Wildman–Crippen LogP) is 2.48. The summed E-state index contributed by atoms with van der Waals surface area (Å²) in [5, 5.41) is 12.3. The van der Waals surface area contributed by atoms with E-state index in [1.54, 1.807) is 5.01 Å². The largest absolute Gasteiger partial charge is 0.481 e. The van der Waals surface area contributed by atoms with E-state index in [4.69, 9.17) is 5.73 Å². The van der Waals surface area contributed by atoms with Crippen LogP contribution in [0.2, 0.25) is 0 Å². The first-order valence-electron chi connectivity index (χ1n) is 10.1. The second kappa shape index (κ2) is 10.0. The first-order chi connectivity index (χ1) is 14.5. The maximum absolute atomic E-state index is 12.2. The number of nitrogens with zero attached hydrogens (tertiary/aromatic N) is 1. The number of carbonyl (C=O) groups excluding carboxylic acids is 1. The number of fused-ring (bicyclic) bond motifs is 1. The van der Waals surface area contributed by atoms with Gasteiger partial charge in [-0.15, -0.1) is 0 Å². The highest BCUT2D eigenvalue weighted by Crippen LogP contribution is 2.20. The standard InChI is InChI=1S/C23H28N4O3/c1-2-27(21(23(24)30)12-16-8-4-3-5-9-16)26-18(14-22(28)29)13-17-15-25-20-11-7-6-10-19(17)20/h3-11,15,18,21,25-26H,2,12-14H2,1H3,(H2,24,30)(H,28,29)/t18-,21?/m0/s1. The van der Waals surface area contributed by atoms with Crippen molar-refractivity contribution in [1.29, 1.82) is 0 Å². The Morgan fingerprint density at radius 3 is 2.47 bits per heavy atom. The molecule has 3 aromatic rings. The third kappa shape index (κ3) is 5.46. The predicted molar refractivity (Wildman–Crippen MR) is 117 cm³/mol. The molecule has 0 fully saturated rings. The number of hydrogen-bond donors (Lipinski definition) is 4. The summed E-state index contributed by atoms with van der Waals surface area (Å²) < 4.78 is 0. The lowest BCUT2D eigenvalue weighted by Crippen LogP contribution is -2.56. The van der Waals surface area contributed by atoms with E-state index in [1.807, 2.05) is 67.7 Å². The third-order valence-corrected chi connectivity index (χ3v) is 5.23. The number of carboxylic acid groups (broad SMARTS) is 1. The molecule has 5 N–H and O–H groups in total. The molecular formula is C23H28N4O3. The van der Waals surface area contributed by atoms with E-state index in [9.17, 15) is 14.7 Å². The maximum Gasteiger partial charge on any atom is 0.304 e. The first-order valence-corrected chi connectivity index (χ1v) is 10.1. The Kier molecular flexibility index (Phi) is 7.21. The van der Waals surface area contributed by atoms with Crippen molar-refractivity contribution in [3.05, 3.63) is 71.9 Å². The molecule has 0 aliphatic carbocycles. The fourth-order valence-corrected chi connectivity index (χ4v) is 3.78. The number of carbonyl (C=O) groups is 2. The van der Waals surface area contributed by atoms with Crippen LogP contribution >= 0.6 is 0 Å². The highest BCUT2D eigenvalue weighted by Gasteiger charge is 2.27. The SMILES string of the molecule is CCN(N[C@H](CC(=O)O)Cc1c[nH]c2ccccc12)C(Cc1ccccc1)C(N)=O. The number of carboxylic acids is 1. The summed E-state index contributed by atoms with van der Waals surface area (Å²) in [6.07, 6.45) is 2.79. The van der Waals surface area contributed by atoms with Crippen LogP contribution in [0.1, 0.15) is 24.5 Å². The number of primary amides is 1. The normalized spacial score (nSPS) is 13.4. The maximum atomic E-state index is 12.2. The zero-order chi connectivity index (χ0) is 21.5. The van der Waals surface area contributed by atoms with Crippen LogP contribution in [0.5, 0.6) is 0 Å². The number of hydrogen-bond acceptors (Lipinski definition) is 4.